The maximum Gasteiger partial charge on any atom is 0.242 e. The summed E-state index contributed by atoms with van der Waals surface area (Å²) >= 11 is 0. The Kier molecular flexibility index (Phi) is 5.01. The lowest BCUT2D eigenvalue weighted by Gasteiger charge is -2.13. The molecule has 5 nitrogen and oxygen atoms in total. The van der Waals surface area contributed by atoms with E-state index in [0.717, 1.165) is 19.3 Å². The molecule has 1 atom stereocenters. The number of aliphatic hydroxyl groups excluding tert-OH is 1. The Morgan fingerprint density at radius 3 is 2.70 bits per heavy atom. The van der Waals surface area contributed by atoms with Crippen molar-refractivity contribution in [1.82, 2.24) is 4.72 Å². The number of aliphatic hydroxyl groups is 1. The van der Waals surface area contributed by atoms with Crippen molar-refractivity contribution in [2.75, 3.05) is 11.9 Å². The van der Waals surface area contributed by atoms with Gasteiger partial charge in [0.1, 0.15) is 4.90 Å². The summed E-state index contributed by atoms with van der Waals surface area (Å²) in [6, 6.07) is 7.02. The Bertz CT molecular complexity index is 539. The second-order valence-electron chi connectivity index (χ2n) is 5.31. The first-order chi connectivity index (χ1) is 9.49. The molecular formula is C14H22N2O3S. The molecule has 3 N–H and O–H groups in total. The number of hydrogen-bond donors (Lipinski definition) is 3. The second-order valence-corrected chi connectivity index (χ2v) is 6.99. The molecule has 0 radical (unpaired) electrons. The highest BCUT2D eigenvalue weighted by Gasteiger charge is 2.29. The van der Waals surface area contributed by atoms with Crippen molar-refractivity contribution >= 4 is 15.7 Å². The maximum absolute atomic E-state index is 12.3. The minimum absolute atomic E-state index is 0.100. The monoisotopic (exact) mass is 298 g/mol. The summed E-state index contributed by atoms with van der Waals surface area (Å²) < 4.78 is 27.2. The lowest BCUT2D eigenvalue weighted by atomic mass is 10.2. The minimum atomic E-state index is -3.44. The molecular weight excluding hydrogens is 276 g/mol. The molecule has 20 heavy (non-hydrogen) atoms. The van der Waals surface area contributed by atoms with E-state index in [-0.39, 0.29) is 12.1 Å². The van der Waals surface area contributed by atoms with Gasteiger partial charge in [-0.15, -0.1) is 0 Å². The van der Waals surface area contributed by atoms with E-state index in [9.17, 15) is 13.5 Å². The number of anilines is 1. The molecule has 1 saturated carbocycles. The molecule has 0 aromatic heterocycles. The van der Waals surface area contributed by atoms with Gasteiger partial charge in [0, 0.05) is 12.6 Å². The number of nitrogens with one attached hydrogen (secondary N) is 2. The van der Waals surface area contributed by atoms with E-state index in [1.807, 2.05) is 6.07 Å². The van der Waals surface area contributed by atoms with Gasteiger partial charge in [-0.2, -0.15) is 0 Å². The Labute approximate surface area is 120 Å². The molecule has 112 valence electrons. The van der Waals surface area contributed by atoms with Gasteiger partial charge in [-0.25, -0.2) is 13.1 Å². The molecule has 1 aromatic rings. The van der Waals surface area contributed by atoms with Crippen LogP contribution in [-0.2, 0) is 10.0 Å². The van der Waals surface area contributed by atoms with Gasteiger partial charge in [-0.3, -0.25) is 0 Å². The van der Waals surface area contributed by atoms with Gasteiger partial charge >= 0.3 is 0 Å². The van der Waals surface area contributed by atoms with Crippen LogP contribution in [0, 0.1) is 0 Å². The van der Waals surface area contributed by atoms with Crippen molar-refractivity contribution in [1.29, 1.82) is 0 Å². The molecule has 0 heterocycles. The number of sulfonamides is 1. The smallest absolute Gasteiger partial charge is 0.242 e. The topological polar surface area (TPSA) is 78.4 Å². The zero-order valence-electron chi connectivity index (χ0n) is 11.7. The van der Waals surface area contributed by atoms with Gasteiger partial charge in [0.2, 0.25) is 10.0 Å². The van der Waals surface area contributed by atoms with Crippen LogP contribution in [0.3, 0.4) is 0 Å². The van der Waals surface area contributed by atoms with Gasteiger partial charge < -0.3 is 10.4 Å². The van der Waals surface area contributed by atoms with Crippen LogP contribution in [0.15, 0.2) is 29.2 Å². The van der Waals surface area contributed by atoms with Crippen LogP contribution in [0.5, 0.6) is 0 Å². The van der Waals surface area contributed by atoms with Gasteiger partial charge in [-0.05, 0) is 44.7 Å². The van der Waals surface area contributed by atoms with Crippen molar-refractivity contribution < 1.29 is 13.5 Å². The summed E-state index contributed by atoms with van der Waals surface area (Å²) in [4.78, 5) is 0.295. The average molecular weight is 298 g/mol. The molecule has 0 aliphatic heterocycles. The Balaban J connectivity index is 2.01. The van der Waals surface area contributed by atoms with E-state index in [1.165, 1.54) is 0 Å². The summed E-state index contributed by atoms with van der Waals surface area (Å²) in [5.41, 5.74) is 0.617. The summed E-state index contributed by atoms with van der Waals surface area (Å²) in [5.74, 6) is 0. The highest BCUT2D eigenvalue weighted by atomic mass is 32.2. The molecule has 1 unspecified atom stereocenters. The van der Waals surface area contributed by atoms with E-state index in [4.69, 9.17) is 0 Å². The third-order valence-corrected chi connectivity index (χ3v) is 4.77. The SMILES string of the molecule is CC(O)CCCNc1ccccc1S(=O)(=O)NC1CC1. The molecule has 1 aliphatic carbocycles. The van der Waals surface area contributed by atoms with Gasteiger partial charge in [-0.1, -0.05) is 12.1 Å². The highest BCUT2D eigenvalue weighted by Crippen LogP contribution is 2.25. The third-order valence-electron chi connectivity index (χ3n) is 3.19. The van der Waals surface area contributed by atoms with Crippen LogP contribution in [-0.4, -0.2) is 32.2 Å². The second kappa shape index (κ2) is 6.56. The number of para-hydroxylation sites is 1. The molecule has 2 rings (SSSR count). The molecule has 0 bridgehead atoms. The highest BCUT2D eigenvalue weighted by molar-refractivity contribution is 7.89. The van der Waals surface area contributed by atoms with Crippen molar-refractivity contribution in [2.24, 2.45) is 0 Å². The number of hydrogen-bond acceptors (Lipinski definition) is 4. The summed E-state index contributed by atoms with van der Waals surface area (Å²) in [5, 5.41) is 12.3. The molecule has 1 fully saturated rings. The van der Waals surface area contributed by atoms with Crippen molar-refractivity contribution in [3.63, 3.8) is 0 Å². The minimum Gasteiger partial charge on any atom is -0.393 e. The summed E-state index contributed by atoms with van der Waals surface area (Å²) in [7, 11) is -3.44. The van der Waals surface area contributed by atoms with Crippen molar-refractivity contribution in [3.05, 3.63) is 24.3 Å². The molecule has 6 heteroatoms. The summed E-state index contributed by atoms with van der Waals surface area (Å²) in [6.45, 7) is 2.39. The van der Waals surface area contributed by atoms with E-state index in [2.05, 4.69) is 10.0 Å². The fraction of sp³-hybridized carbons (Fsp3) is 0.571. The van der Waals surface area contributed by atoms with Gasteiger partial charge in [0.25, 0.3) is 0 Å². The molecule has 1 aromatic carbocycles. The van der Waals surface area contributed by atoms with E-state index >= 15 is 0 Å². The van der Waals surface area contributed by atoms with Crippen LogP contribution in [0.25, 0.3) is 0 Å². The number of rotatable bonds is 8. The van der Waals surface area contributed by atoms with E-state index < -0.39 is 10.0 Å². The van der Waals surface area contributed by atoms with Crippen LogP contribution >= 0.6 is 0 Å². The predicted octanol–water partition coefficient (Wildman–Crippen LogP) is 1.70. The average Bonchev–Trinajstić information content (AvgIpc) is 3.18. The van der Waals surface area contributed by atoms with Crippen molar-refractivity contribution in [2.45, 2.75) is 49.6 Å². The largest absolute Gasteiger partial charge is 0.393 e. The van der Waals surface area contributed by atoms with E-state index in [0.29, 0.717) is 23.5 Å². The van der Waals surface area contributed by atoms with Crippen LogP contribution in [0.4, 0.5) is 5.69 Å². The molecule has 0 spiro atoms. The van der Waals surface area contributed by atoms with Crippen LogP contribution in [0.1, 0.15) is 32.6 Å². The fourth-order valence-corrected chi connectivity index (χ4v) is 3.44. The predicted molar refractivity (Wildman–Crippen MR) is 79.2 cm³/mol. The summed E-state index contributed by atoms with van der Waals surface area (Å²) in [6.07, 6.45) is 3.00. The first kappa shape index (κ1) is 15.3. The number of benzene rings is 1. The van der Waals surface area contributed by atoms with E-state index in [1.54, 1.807) is 25.1 Å². The molecule has 0 amide bonds. The van der Waals surface area contributed by atoms with Crippen LogP contribution in [0.2, 0.25) is 0 Å². The molecule has 1 aliphatic rings. The van der Waals surface area contributed by atoms with Crippen molar-refractivity contribution in [3.8, 4) is 0 Å². The molecule has 0 saturated heterocycles. The van der Waals surface area contributed by atoms with Crippen LogP contribution < -0.4 is 10.0 Å². The maximum atomic E-state index is 12.3. The Morgan fingerprint density at radius 2 is 2.05 bits per heavy atom. The quantitative estimate of drug-likeness (QED) is 0.638. The first-order valence-electron chi connectivity index (χ1n) is 7.02. The lowest BCUT2D eigenvalue weighted by molar-refractivity contribution is 0.183. The normalized spacial score (nSPS) is 16.9. The van der Waals surface area contributed by atoms with Gasteiger partial charge in [0.15, 0.2) is 0 Å². The van der Waals surface area contributed by atoms with Gasteiger partial charge in [0.05, 0.1) is 11.8 Å². The third kappa shape index (κ3) is 4.47. The Morgan fingerprint density at radius 1 is 1.35 bits per heavy atom. The lowest BCUT2D eigenvalue weighted by Crippen LogP contribution is -2.26. The fourth-order valence-electron chi connectivity index (χ4n) is 1.95. The first-order valence-corrected chi connectivity index (χ1v) is 8.50. The standard InChI is InChI=1S/C14H22N2O3S/c1-11(17)5-4-10-15-13-6-2-3-7-14(13)20(18,19)16-12-8-9-12/h2-3,6-7,11-12,15-17H,4-5,8-10H2,1H3. The Hall–Kier alpha value is -1.11. The zero-order valence-corrected chi connectivity index (χ0v) is 12.5. The zero-order chi connectivity index (χ0) is 14.6.